The number of fused-ring (bicyclic) bond motifs is 3. The van der Waals surface area contributed by atoms with Crippen molar-refractivity contribution in [2.75, 3.05) is 24.6 Å². The van der Waals surface area contributed by atoms with Gasteiger partial charge >= 0.3 is 98.3 Å². The van der Waals surface area contributed by atoms with Crippen LogP contribution in [0.1, 0.15) is 32.1 Å². The molecule has 0 aromatic heterocycles. The molecule has 0 saturated carbocycles. The molecule has 0 aliphatic carbocycles. The first kappa shape index (κ1) is 11.1. The van der Waals surface area contributed by atoms with E-state index >= 15 is 0 Å². The standard InChI is InChI=1S/C11H21INO/c1-12-14-11-9-13-7-3-2-5-10(11)6-4-8-13/h10-11H,2-9H2,1H3/q-1. The molecular weight excluding hydrogens is 289 g/mol. The van der Waals surface area contributed by atoms with Crippen molar-refractivity contribution in [1.82, 2.24) is 4.90 Å². The number of alkyl halides is 1. The predicted molar refractivity (Wildman–Crippen MR) is 53.8 cm³/mol. The molecule has 2 nitrogen and oxygen atoms in total. The van der Waals surface area contributed by atoms with E-state index in [0.29, 0.717) is 6.10 Å². The fraction of sp³-hybridized carbons (Fsp3) is 1.00. The second-order valence-electron chi connectivity index (χ2n) is 4.48. The molecule has 3 heteroatoms. The summed E-state index contributed by atoms with van der Waals surface area (Å²) in [5, 5.41) is 0. The second-order valence-corrected chi connectivity index (χ2v) is 5.87. The normalized spacial score (nSPS) is 39.1. The Kier molecular flexibility index (Phi) is 4.50. The van der Waals surface area contributed by atoms with E-state index in [1.165, 1.54) is 51.7 Å². The molecule has 0 aromatic rings. The van der Waals surface area contributed by atoms with E-state index in [9.17, 15) is 0 Å². The van der Waals surface area contributed by atoms with Crippen LogP contribution in [-0.2, 0) is 3.07 Å². The molecule has 0 N–H and O–H groups in total. The summed E-state index contributed by atoms with van der Waals surface area (Å²) in [5.41, 5.74) is 0. The summed E-state index contributed by atoms with van der Waals surface area (Å²) in [7, 11) is 0. The Balaban J connectivity index is 2.01. The van der Waals surface area contributed by atoms with E-state index in [4.69, 9.17) is 3.07 Å². The molecule has 2 aliphatic heterocycles. The Morgan fingerprint density at radius 1 is 1.14 bits per heavy atom. The molecule has 3 atom stereocenters. The molecule has 84 valence electrons. The van der Waals surface area contributed by atoms with Crippen LogP contribution in [-0.4, -0.2) is 35.6 Å². The third-order valence-electron chi connectivity index (χ3n) is 3.52. The molecule has 0 aromatic carbocycles. The van der Waals surface area contributed by atoms with E-state index in [1.54, 1.807) is 0 Å². The van der Waals surface area contributed by atoms with Gasteiger partial charge in [0, 0.05) is 0 Å². The van der Waals surface area contributed by atoms with Gasteiger partial charge in [-0.1, -0.05) is 0 Å². The fourth-order valence-corrected chi connectivity index (χ4v) is 3.98. The molecule has 14 heavy (non-hydrogen) atoms. The van der Waals surface area contributed by atoms with Crippen LogP contribution in [0.25, 0.3) is 0 Å². The first-order chi connectivity index (χ1) is 6.90. The van der Waals surface area contributed by atoms with Crippen LogP contribution < -0.4 is 21.6 Å². The van der Waals surface area contributed by atoms with Crippen LogP contribution in [0.5, 0.6) is 0 Å². The summed E-state index contributed by atoms with van der Waals surface area (Å²) in [5.74, 6) is 0.875. The van der Waals surface area contributed by atoms with E-state index in [1.807, 2.05) is 0 Å². The zero-order valence-electron chi connectivity index (χ0n) is 9.04. The van der Waals surface area contributed by atoms with Crippen molar-refractivity contribution in [3.05, 3.63) is 0 Å². The van der Waals surface area contributed by atoms with Crippen molar-refractivity contribution in [2.24, 2.45) is 5.92 Å². The van der Waals surface area contributed by atoms with Gasteiger partial charge in [-0.25, -0.2) is 0 Å². The Bertz CT molecular complexity index is 173. The Hall–Kier alpha value is 0.650. The third-order valence-corrected chi connectivity index (χ3v) is 4.68. The number of hydrogen-bond donors (Lipinski definition) is 0. The molecule has 0 radical (unpaired) electrons. The maximum atomic E-state index is 6.00. The Labute approximate surface area is 98.2 Å². The van der Waals surface area contributed by atoms with Crippen molar-refractivity contribution in [3.8, 4) is 0 Å². The molecule has 0 spiro atoms. The minimum absolute atomic E-state index is 0.00938. The molecule has 2 fully saturated rings. The minimum atomic E-state index is 0.00938. The topological polar surface area (TPSA) is 12.5 Å². The number of rotatable bonds is 2. The van der Waals surface area contributed by atoms with Crippen LogP contribution in [0.4, 0.5) is 0 Å². The first-order valence-corrected chi connectivity index (χ1v) is 8.81. The van der Waals surface area contributed by atoms with Gasteiger partial charge in [-0.2, -0.15) is 0 Å². The maximum absolute atomic E-state index is 6.00. The molecule has 2 bridgehead atoms. The molecular formula is C11H21INO-. The van der Waals surface area contributed by atoms with Crippen molar-refractivity contribution >= 4 is 0 Å². The van der Waals surface area contributed by atoms with E-state index in [0.717, 1.165) is 5.92 Å². The molecule has 0 amide bonds. The van der Waals surface area contributed by atoms with Gasteiger partial charge < -0.3 is 0 Å². The zero-order valence-corrected chi connectivity index (χ0v) is 11.2. The molecule has 2 heterocycles. The average Bonchev–Trinajstić information content (AvgIpc) is 2.28. The van der Waals surface area contributed by atoms with Gasteiger partial charge in [-0.15, -0.1) is 0 Å². The van der Waals surface area contributed by atoms with Crippen LogP contribution in [0.15, 0.2) is 0 Å². The summed E-state index contributed by atoms with van der Waals surface area (Å²) in [6.45, 7) is 3.85. The summed E-state index contributed by atoms with van der Waals surface area (Å²) >= 11 is 0.00938. The predicted octanol–water partition coefficient (Wildman–Crippen LogP) is -1.10. The summed E-state index contributed by atoms with van der Waals surface area (Å²) in [6, 6.07) is 0. The number of halogens is 1. The molecule has 2 aliphatic rings. The van der Waals surface area contributed by atoms with Crippen molar-refractivity contribution in [3.63, 3.8) is 0 Å². The van der Waals surface area contributed by atoms with Gasteiger partial charge in [-0.3, -0.25) is 0 Å². The first-order valence-electron chi connectivity index (χ1n) is 5.77. The van der Waals surface area contributed by atoms with E-state index in [-0.39, 0.29) is 21.6 Å². The van der Waals surface area contributed by atoms with Gasteiger partial charge in [0.15, 0.2) is 0 Å². The van der Waals surface area contributed by atoms with E-state index in [2.05, 4.69) is 9.83 Å². The third kappa shape index (κ3) is 2.83. The molecule has 2 rings (SSSR count). The van der Waals surface area contributed by atoms with Crippen LogP contribution >= 0.6 is 0 Å². The summed E-state index contributed by atoms with van der Waals surface area (Å²) < 4.78 is 6.00. The Morgan fingerprint density at radius 2 is 1.93 bits per heavy atom. The van der Waals surface area contributed by atoms with E-state index < -0.39 is 0 Å². The van der Waals surface area contributed by atoms with Gasteiger partial charge in [0.2, 0.25) is 0 Å². The van der Waals surface area contributed by atoms with Crippen LogP contribution in [0.3, 0.4) is 0 Å². The van der Waals surface area contributed by atoms with Gasteiger partial charge in [0.05, 0.1) is 0 Å². The summed E-state index contributed by atoms with van der Waals surface area (Å²) in [4.78, 5) is 4.86. The molecule has 3 unspecified atom stereocenters. The second kappa shape index (κ2) is 5.66. The van der Waals surface area contributed by atoms with Gasteiger partial charge in [-0.05, 0) is 0 Å². The van der Waals surface area contributed by atoms with Crippen LogP contribution in [0, 0.1) is 5.92 Å². The molecule has 2 saturated heterocycles. The quantitative estimate of drug-likeness (QED) is 0.474. The number of hydrogen-bond acceptors (Lipinski definition) is 2. The van der Waals surface area contributed by atoms with Crippen LogP contribution in [0.2, 0.25) is 0 Å². The fourth-order valence-electron chi connectivity index (χ4n) is 2.75. The Morgan fingerprint density at radius 3 is 2.79 bits per heavy atom. The van der Waals surface area contributed by atoms with Gasteiger partial charge in [0.1, 0.15) is 0 Å². The monoisotopic (exact) mass is 310 g/mol. The van der Waals surface area contributed by atoms with Gasteiger partial charge in [0.25, 0.3) is 0 Å². The van der Waals surface area contributed by atoms with Crippen molar-refractivity contribution < 1.29 is 24.7 Å². The average molecular weight is 310 g/mol. The zero-order chi connectivity index (χ0) is 9.80. The SMILES string of the molecule is C[I-]OC1CN2CCCCC1CCC2. The van der Waals surface area contributed by atoms with Crippen molar-refractivity contribution in [2.45, 2.75) is 38.2 Å². The van der Waals surface area contributed by atoms with Crippen molar-refractivity contribution in [1.29, 1.82) is 0 Å². The number of nitrogens with zero attached hydrogens (tertiary/aromatic N) is 1. The summed E-state index contributed by atoms with van der Waals surface area (Å²) in [6.07, 6.45) is 7.63.